The standard InChI is InChI=1S/C18H22FN3O2S/c1-20-18(22(2)14-15-8-10-16(19)11-9-15)21-12-13-25(23,24)17-6-4-3-5-7-17/h3-11H,12-14H2,1-2H3,(H,20,21). The molecule has 2 aromatic rings. The lowest BCUT2D eigenvalue weighted by atomic mass is 10.2. The van der Waals surface area contributed by atoms with Crippen LogP contribution >= 0.6 is 0 Å². The first-order valence-corrected chi connectivity index (χ1v) is 9.51. The van der Waals surface area contributed by atoms with Crippen LogP contribution < -0.4 is 5.32 Å². The van der Waals surface area contributed by atoms with Gasteiger partial charge in [-0.3, -0.25) is 4.99 Å². The lowest BCUT2D eigenvalue weighted by Gasteiger charge is -2.22. The summed E-state index contributed by atoms with van der Waals surface area (Å²) in [6.07, 6.45) is 0. The molecular formula is C18H22FN3O2S. The maximum absolute atomic E-state index is 13.0. The molecule has 7 heteroatoms. The van der Waals surface area contributed by atoms with Gasteiger partial charge in [-0.05, 0) is 29.8 Å². The molecule has 0 radical (unpaired) electrons. The first kappa shape index (κ1) is 18.9. The van der Waals surface area contributed by atoms with Crippen molar-refractivity contribution in [1.29, 1.82) is 0 Å². The Bertz CT molecular complexity index is 806. The molecule has 0 unspecified atom stereocenters. The van der Waals surface area contributed by atoms with Crippen LogP contribution in [0, 0.1) is 5.82 Å². The summed E-state index contributed by atoms with van der Waals surface area (Å²) < 4.78 is 37.5. The van der Waals surface area contributed by atoms with E-state index in [1.165, 1.54) is 12.1 Å². The molecule has 0 aliphatic heterocycles. The number of hydrogen-bond acceptors (Lipinski definition) is 3. The average Bonchev–Trinajstić information content (AvgIpc) is 2.61. The largest absolute Gasteiger partial charge is 0.355 e. The van der Waals surface area contributed by atoms with Gasteiger partial charge in [0.1, 0.15) is 5.82 Å². The molecule has 0 spiro atoms. The van der Waals surface area contributed by atoms with E-state index in [0.717, 1.165) is 5.56 Å². The molecule has 5 nitrogen and oxygen atoms in total. The number of guanidine groups is 1. The molecule has 2 aromatic carbocycles. The van der Waals surface area contributed by atoms with Gasteiger partial charge < -0.3 is 10.2 Å². The van der Waals surface area contributed by atoms with Crippen molar-refractivity contribution in [2.24, 2.45) is 4.99 Å². The Hall–Kier alpha value is -2.41. The van der Waals surface area contributed by atoms with Crippen LogP contribution in [0.15, 0.2) is 64.5 Å². The molecule has 0 fully saturated rings. The van der Waals surface area contributed by atoms with Crippen molar-refractivity contribution in [1.82, 2.24) is 10.2 Å². The lowest BCUT2D eigenvalue weighted by molar-refractivity contribution is 0.478. The van der Waals surface area contributed by atoms with Crippen LogP contribution in [0.4, 0.5) is 4.39 Å². The van der Waals surface area contributed by atoms with E-state index in [-0.39, 0.29) is 18.1 Å². The number of aliphatic imine (C=N–C) groups is 1. The van der Waals surface area contributed by atoms with E-state index in [4.69, 9.17) is 0 Å². The third kappa shape index (κ3) is 5.56. The van der Waals surface area contributed by atoms with Gasteiger partial charge in [0.05, 0.1) is 10.6 Å². The monoisotopic (exact) mass is 363 g/mol. The zero-order chi connectivity index (χ0) is 18.3. The Morgan fingerprint density at radius 3 is 2.36 bits per heavy atom. The van der Waals surface area contributed by atoms with Gasteiger partial charge in [0.25, 0.3) is 0 Å². The van der Waals surface area contributed by atoms with E-state index in [1.54, 1.807) is 49.5 Å². The van der Waals surface area contributed by atoms with Crippen molar-refractivity contribution >= 4 is 15.8 Å². The summed E-state index contributed by atoms with van der Waals surface area (Å²) in [6.45, 7) is 0.781. The predicted octanol–water partition coefficient (Wildman–Crippen LogP) is 2.31. The van der Waals surface area contributed by atoms with Gasteiger partial charge in [-0.2, -0.15) is 0 Å². The first-order valence-electron chi connectivity index (χ1n) is 7.86. The van der Waals surface area contributed by atoms with Crippen molar-refractivity contribution in [2.75, 3.05) is 26.4 Å². The van der Waals surface area contributed by atoms with E-state index < -0.39 is 9.84 Å². The Labute approximate surface area is 148 Å². The number of nitrogens with zero attached hydrogens (tertiary/aromatic N) is 2. The fourth-order valence-corrected chi connectivity index (χ4v) is 3.54. The van der Waals surface area contributed by atoms with E-state index >= 15 is 0 Å². The molecule has 0 amide bonds. The van der Waals surface area contributed by atoms with Crippen LogP contribution in [0.1, 0.15) is 5.56 Å². The maximum atomic E-state index is 13.0. The summed E-state index contributed by atoms with van der Waals surface area (Å²) in [5.41, 5.74) is 0.934. The van der Waals surface area contributed by atoms with Crippen molar-refractivity contribution in [2.45, 2.75) is 11.4 Å². The highest BCUT2D eigenvalue weighted by Crippen LogP contribution is 2.09. The number of benzene rings is 2. The fraction of sp³-hybridized carbons (Fsp3) is 0.278. The van der Waals surface area contributed by atoms with Crippen LogP contribution in [0.2, 0.25) is 0 Å². The summed E-state index contributed by atoms with van der Waals surface area (Å²) in [5, 5.41) is 3.05. The fourth-order valence-electron chi connectivity index (χ4n) is 2.37. The first-order chi connectivity index (χ1) is 11.9. The number of hydrogen-bond donors (Lipinski definition) is 1. The highest BCUT2D eigenvalue weighted by Gasteiger charge is 2.14. The Balaban J connectivity index is 1.90. The van der Waals surface area contributed by atoms with Gasteiger partial charge in [-0.25, -0.2) is 12.8 Å². The Morgan fingerprint density at radius 2 is 1.76 bits per heavy atom. The molecule has 2 rings (SSSR count). The highest BCUT2D eigenvalue weighted by molar-refractivity contribution is 7.91. The highest BCUT2D eigenvalue weighted by atomic mass is 32.2. The summed E-state index contributed by atoms with van der Waals surface area (Å²) in [4.78, 5) is 6.32. The number of sulfone groups is 1. The van der Waals surface area contributed by atoms with Gasteiger partial charge in [0.15, 0.2) is 15.8 Å². The van der Waals surface area contributed by atoms with Crippen LogP contribution in [0.3, 0.4) is 0 Å². The van der Waals surface area contributed by atoms with Crippen LogP contribution in [-0.4, -0.2) is 45.7 Å². The number of halogens is 1. The molecule has 0 heterocycles. The van der Waals surface area contributed by atoms with Gasteiger partial charge in [0.2, 0.25) is 0 Å². The quantitative estimate of drug-likeness (QED) is 0.632. The van der Waals surface area contributed by atoms with E-state index in [0.29, 0.717) is 17.4 Å². The third-order valence-electron chi connectivity index (χ3n) is 3.66. The predicted molar refractivity (Wildman–Crippen MR) is 97.7 cm³/mol. The van der Waals surface area contributed by atoms with Crippen LogP contribution in [0.5, 0.6) is 0 Å². The summed E-state index contributed by atoms with van der Waals surface area (Å²) in [7, 11) is 0.141. The van der Waals surface area contributed by atoms with Crippen LogP contribution in [0.25, 0.3) is 0 Å². The second-order valence-electron chi connectivity index (χ2n) is 5.59. The molecule has 134 valence electrons. The molecule has 0 bridgehead atoms. The third-order valence-corrected chi connectivity index (χ3v) is 5.39. The van der Waals surface area contributed by atoms with Gasteiger partial charge in [-0.15, -0.1) is 0 Å². The Kier molecular flexibility index (Phi) is 6.52. The summed E-state index contributed by atoms with van der Waals surface area (Å²) >= 11 is 0. The van der Waals surface area contributed by atoms with Crippen molar-refractivity contribution in [3.05, 3.63) is 66.0 Å². The summed E-state index contributed by atoms with van der Waals surface area (Å²) in [5.74, 6) is 0.271. The molecule has 0 aromatic heterocycles. The molecule has 0 aliphatic rings. The minimum absolute atomic E-state index is 0.0274. The molecule has 0 aliphatic carbocycles. The molecule has 0 atom stereocenters. The molecular weight excluding hydrogens is 341 g/mol. The SMILES string of the molecule is CN=C(NCCS(=O)(=O)c1ccccc1)N(C)Cc1ccc(F)cc1. The zero-order valence-electron chi connectivity index (χ0n) is 14.3. The van der Waals surface area contributed by atoms with Gasteiger partial charge >= 0.3 is 0 Å². The van der Waals surface area contributed by atoms with Gasteiger partial charge in [0, 0.05) is 27.2 Å². The van der Waals surface area contributed by atoms with E-state index in [1.807, 2.05) is 11.9 Å². The topological polar surface area (TPSA) is 61.8 Å². The van der Waals surface area contributed by atoms with Crippen molar-refractivity contribution in [3.63, 3.8) is 0 Å². The molecule has 0 saturated carbocycles. The molecule has 1 N–H and O–H groups in total. The maximum Gasteiger partial charge on any atom is 0.193 e. The van der Waals surface area contributed by atoms with Crippen LogP contribution in [-0.2, 0) is 16.4 Å². The van der Waals surface area contributed by atoms with Crippen molar-refractivity contribution < 1.29 is 12.8 Å². The molecule has 0 saturated heterocycles. The number of nitrogens with one attached hydrogen (secondary N) is 1. The number of rotatable bonds is 6. The van der Waals surface area contributed by atoms with E-state index in [9.17, 15) is 12.8 Å². The Morgan fingerprint density at radius 1 is 1.12 bits per heavy atom. The lowest BCUT2D eigenvalue weighted by Crippen LogP contribution is -2.40. The minimum Gasteiger partial charge on any atom is -0.355 e. The minimum atomic E-state index is -3.33. The second-order valence-corrected chi connectivity index (χ2v) is 7.70. The summed E-state index contributed by atoms with van der Waals surface area (Å²) in [6, 6.07) is 14.6. The van der Waals surface area contributed by atoms with Crippen molar-refractivity contribution in [3.8, 4) is 0 Å². The normalized spacial score (nSPS) is 12.0. The van der Waals surface area contributed by atoms with E-state index in [2.05, 4.69) is 10.3 Å². The zero-order valence-corrected chi connectivity index (χ0v) is 15.1. The molecule has 25 heavy (non-hydrogen) atoms. The average molecular weight is 363 g/mol. The smallest absolute Gasteiger partial charge is 0.193 e. The van der Waals surface area contributed by atoms with Gasteiger partial charge in [-0.1, -0.05) is 30.3 Å². The second kappa shape index (κ2) is 8.62.